The highest BCUT2D eigenvalue weighted by Crippen LogP contribution is 2.27. The van der Waals surface area contributed by atoms with E-state index in [0.29, 0.717) is 0 Å². The van der Waals surface area contributed by atoms with Crippen molar-refractivity contribution in [2.24, 2.45) is 0 Å². The Hall–Kier alpha value is -1.82. The van der Waals surface area contributed by atoms with Crippen LogP contribution < -0.4 is 0 Å². The summed E-state index contributed by atoms with van der Waals surface area (Å²) in [6.45, 7) is 0. The number of esters is 1. The number of hydrogen-bond acceptors (Lipinski definition) is 6. The normalized spacial score (nSPS) is 11.6. The molecular weight excluding hydrogens is 252 g/mol. The highest BCUT2D eigenvalue weighted by Gasteiger charge is 2.21. The second kappa shape index (κ2) is 6.80. The Morgan fingerprint density at radius 1 is 1.50 bits per heavy atom. The molecular formula is C12H14N2O3S. The van der Waals surface area contributed by atoms with Crippen LogP contribution in [0, 0.1) is 10.8 Å². The molecule has 0 spiro atoms. The van der Waals surface area contributed by atoms with Crippen LogP contribution in [0.1, 0.15) is 17.9 Å². The van der Waals surface area contributed by atoms with Crippen LogP contribution in [-0.2, 0) is 9.53 Å². The number of nitrogens with one attached hydrogen (secondary N) is 2. The summed E-state index contributed by atoms with van der Waals surface area (Å²) in [6, 6.07) is 6.31. The minimum absolute atomic E-state index is 0.0426. The van der Waals surface area contributed by atoms with Crippen molar-refractivity contribution in [3.63, 3.8) is 0 Å². The lowest BCUT2D eigenvalue weighted by Gasteiger charge is -2.15. The van der Waals surface area contributed by atoms with Gasteiger partial charge in [0.1, 0.15) is 5.75 Å². The molecule has 0 heterocycles. The fourth-order valence-corrected chi connectivity index (χ4v) is 1.97. The molecule has 3 N–H and O–H groups in total. The number of methoxy groups -OCH3 is 1. The largest absolute Gasteiger partial charge is 0.508 e. The maximum Gasteiger partial charge on any atom is 0.306 e. The predicted octanol–water partition coefficient (Wildman–Crippen LogP) is 2.36. The van der Waals surface area contributed by atoms with Gasteiger partial charge in [-0.05, 0) is 17.7 Å². The van der Waals surface area contributed by atoms with E-state index in [0.717, 1.165) is 22.9 Å². The summed E-state index contributed by atoms with van der Waals surface area (Å²) >= 11 is 0.946. The minimum Gasteiger partial charge on any atom is -0.508 e. The molecule has 1 unspecified atom stereocenters. The molecule has 1 aromatic carbocycles. The Morgan fingerprint density at radius 3 is 2.61 bits per heavy atom. The molecule has 0 saturated heterocycles. The lowest BCUT2D eigenvalue weighted by atomic mass is 9.96. The third-order valence-corrected chi connectivity index (χ3v) is 3.05. The number of carbonyl (C=O) groups excluding carboxylic acids is 1. The molecule has 5 nitrogen and oxygen atoms in total. The van der Waals surface area contributed by atoms with Gasteiger partial charge in [-0.1, -0.05) is 23.9 Å². The number of hydrogen-bond donors (Lipinski definition) is 3. The molecule has 0 aliphatic carbocycles. The van der Waals surface area contributed by atoms with Crippen molar-refractivity contribution in [3.8, 4) is 5.75 Å². The number of ether oxygens (including phenoxy) is 1. The maximum atomic E-state index is 11.3. The Morgan fingerprint density at radius 2 is 2.11 bits per heavy atom. The number of phenolic OH excluding ortho intramolecular Hbond substituents is 1. The van der Waals surface area contributed by atoms with Crippen LogP contribution in [0.3, 0.4) is 0 Å². The second-order valence-corrected chi connectivity index (χ2v) is 4.44. The molecule has 0 aliphatic heterocycles. The lowest BCUT2D eigenvalue weighted by Crippen LogP contribution is -2.14. The number of carbonyl (C=O) groups is 1. The van der Waals surface area contributed by atoms with E-state index in [4.69, 9.17) is 10.8 Å². The van der Waals surface area contributed by atoms with Gasteiger partial charge >= 0.3 is 5.97 Å². The molecule has 0 aliphatic rings. The van der Waals surface area contributed by atoms with Crippen molar-refractivity contribution in [2.75, 3.05) is 7.11 Å². The van der Waals surface area contributed by atoms with Crippen molar-refractivity contribution in [1.29, 1.82) is 10.8 Å². The van der Waals surface area contributed by atoms with Gasteiger partial charge in [0.2, 0.25) is 0 Å². The molecule has 0 saturated carbocycles. The van der Waals surface area contributed by atoms with Crippen molar-refractivity contribution in [3.05, 3.63) is 29.8 Å². The van der Waals surface area contributed by atoms with E-state index in [1.54, 1.807) is 12.1 Å². The van der Waals surface area contributed by atoms with E-state index in [1.165, 1.54) is 19.2 Å². The highest BCUT2D eigenvalue weighted by molar-refractivity contribution is 8.24. The van der Waals surface area contributed by atoms with E-state index >= 15 is 0 Å². The van der Waals surface area contributed by atoms with Crippen LogP contribution in [0.25, 0.3) is 0 Å². The van der Waals surface area contributed by atoms with Gasteiger partial charge in [-0.3, -0.25) is 10.2 Å². The zero-order valence-corrected chi connectivity index (χ0v) is 10.7. The number of benzene rings is 1. The van der Waals surface area contributed by atoms with Crippen LogP contribution in [0.2, 0.25) is 0 Å². The van der Waals surface area contributed by atoms with Gasteiger partial charge in [-0.2, -0.15) is 0 Å². The predicted molar refractivity (Wildman–Crippen MR) is 71.6 cm³/mol. The first kappa shape index (κ1) is 14.2. The molecule has 0 bridgehead atoms. The first-order valence-corrected chi connectivity index (χ1v) is 6.06. The number of phenols is 1. The van der Waals surface area contributed by atoms with Gasteiger partial charge in [0.25, 0.3) is 0 Å². The van der Waals surface area contributed by atoms with Gasteiger partial charge in [0, 0.05) is 5.92 Å². The molecule has 6 heteroatoms. The van der Waals surface area contributed by atoms with Gasteiger partial charge in [0.05, 0.1) is 24.1 Å². The van der Waals surface area contributed by atoms with E-state index in [2.05, 4.69) is 4.74 Å². The minimum atomic E-state index is -0.454. The van der Waals surface area contributed by atoms with Crippen LogP contribution in [0.15, 0.2) is 24.3 Å². The molecule has 1 aromatic rings. The molecule has 18 heavy (non-hydrogen) atoms. The average Bonchev–Trinajstić information content (AvgIpc) is 2.37. The average molecular weight is 266 g/mol. The summed E-state index contributed by atoms with van der Waals surface area (Å²) < 4.78 is 4.60. The zero-order valence-electron chi connectivity index (χ0n) is 9.84. The Bertz CT molecular complexity index is 445. The van der Waals surface area contributed by atoms with Gasteiger partial charge < -0.3 is 15.3 Å². The number of thioether (sulfide) groups is 1. The number of aromatic hydroxyl groups is 1. The second-order valence-electron chi connectivity index (χ2n) is 3.52. The van der Waals surface area contributed by atoms with E-state index in [-0.39, 0.29) is 17.2 Å². The summed E-state index contributed by atoms with van der Waals surface area (Å²) in [5, 5.41) is 24.3. The summed E-state index contributed by atoms with van der Waals surface area (Å²) in [5.41, 5.74) is 1.78. The molecule has 0 fully saturated rings. The summed E-state index contributed by atoms with van der Waals surface area (Å²) in [5.74, 6) is -0.741. The SMILES string of the molecule is COC(=O)CC(C(=N)SC=N)c1ccc(O)cc1. The van der Waals surface area contributed by atoms with Crippen LogP contribution >= 0.6 is 11.8 Å². The summed E-state index contributed by atoms with van der Waals surface area (Å²) in [6.07, 6.45) is 0.0426. The molecule has 0 amide bonds. The van der Waals surface area contributed by atoms with Gasteiger partial charge in [0.15, 0.2) is 0 Å². The number of rotatable bonds is 5. The third kappa shape index (κ3) is 3.89. The molecule has 96 valence electrons. The van der Waals surface area contributed by atoms with Crippen molar-refractivity contribution < 1.29 is 14.6 Å². The standard InChI is InChI=1S/C12H14N2O3S/c1-17-11(16)6-10(12(14)18-7-13)8-2-4-9(15)5-3-8/h2-5,7,10,13-15H,6H2,1H3. The van der Waals surface area contributed by atoms with E-state index in [9.17, 15) is 9.90 Å². The zero-order chi connectivity index (χ0) is 13.5. The van der Waals surface area contributed by atoms with Gasteiger partial charge in [-0.15, -0.1) is 0 Å². The van der Waals surface area contributed by atoms with Crippen molar-refractivity contribution in [1.82, 2.24) is 0 Å². The van der Waals surface area contributed by atoms with E-state index < -0.39 is 11.9 Å². The van der Waals surface area contributed by atoms with Crippen LogP contribution in [0.4, 0.5) is 0 Å². The monoisotopic (exact) mass is 266 g/mol. The fraction of sp³-hybridized carbons (Fsp3) is 0.250. The lowest BCUT2D eigenvalue weighted by molar-refractivity contribution is -0.140. The fourth-order valence-electron chi connectivity index (χ4n) is 1.46. The maximum absolute atomic E-state index is 11.3. The Balaban J connectivity index is 2.95. The molecule has 1 rings (SSSR count). The van der Waals surface area contributed by atoms with Crippen LogP contribution in [-0.4, -0.2) is 28.8 Å². The van der Waals surface area contributed by atoms with E-state index in [1.807, 2.05) is 0 Å². The Labute approximate surface area is 109 Å². The van der Waals surface area contributed by atoms with Crippen molar-refractivity contribution in [2.45, 2.75) is 12.3 Å². The van der Waals surface area contributed by atoms with Crippen LogP contribution in [0.5, 0.6) is 5.75 Å². The summed E-state index contributed by atoms with van der Waals surface area (Å²) in [7, 11) is 1.30. The first-order valence-electron chi connectivity index (χ1n) is 5.18. The molecule has 1 atom stereocenters. The van der Waals surface area contributed by atoms with Crippen molar-refractivity contribution >= 4 is 28.3 Å². The van der Waals surface area contributed by atoms with Gasteiger partial charge in [-0.25, -0.2) is 0 Å². The first-order chi connectivity index (χ1) is 8.58. The highest BCUT2D eigenvalue weighted by atomic mass is 32.2. The molecule has 0 aromatic heterocycles. The third-order valence-electron chi connectivity index (χ3n) is 2.40. The molecule has 0 radical (unpaired) electrons. The quantitative estimate of drug-likeness (QED) is 0.433. The summed E-state index contributed by atoms with van der Waals surface area (Å²) in [4.78, 5) is 11.3. The topological polar surface area (TPSA) is 94.2 Å². The smallest absolute Gasteiger partial charge is 0.306 e. The Kier molecular flexibility index (Phi) is 5.38.